The zero-order valence-electron chi connectivity index (χ0n) is 7.80. The van der Waals surface area contributed by atoms with Gasteiger partial charge in [0.25, 0.3) is 0 Å². The molecule has 4 heteroatoms. The molecule has 1 aliphatic heterocycles. The first-order valence-electron chi connectivity index (χ1n) is 4.48. The van der Waals surface area contributed by atoms with Gasteiger partial charge in [-0.15, -0.1) is 0 Å². The predicted octanol–water partition coefficient (Wildman–Crippen LogP) is 1.49. The van der Waals surface area contributed by atoms with Gasteiger partial charge in [-0.3, -0.25) is 0 Å². The van der Waals surface area contributed by atoms with Gasteiger partial charge in [-0.1, -0.05) is 12.1 Å². The average Bonchev–Trinajstić information content (AvgIpc) is 2.57. The van der Waals surface area contributed by atoms with Crippen LogP contribution in [0.25, 0.3) is 0 Å². The number of urea groups is 1. The molecule has 14 heavy (non-hydrogen) atoms. The van der Waals surface area contributed by atoms with Crippen LogP contribution in [0.15, 0.2) is 18.2 Å². The molecule has 0 bridgehead atoms. The van der Waals surface area contributed by atoms with Crippen LogP contribution in [0.4, 0.5) is 9.18 Å². The van der Waals surface area contributed by atoms with Gasteiger partial charge in [0, 0.05) is 6.54 Å². The molecule has 1 fully saturated rings. The highest BCUT2D eigenvalue weighted by molar-refractivity contribution is 5.77. The molecule has 1 aromatic rings. The van der Waals surface area contributed by atoms with Crippen LogP contribution in [-0.4, -0.2) is 12.6 Å². The third kappa shape index (κ3) is 1.43. The van der Waals surface area contributed by atoms with E-state index in [0.717, 1.165) is 5.56 Å². The Balaban J connectivity index is 2.32. The van der Waals surface area contributed by atoms with Gasteiger partial charge in [0.15, 0.2) is 0 Å². The van der Waals surface area contributed by atoms with Crippen LogP contribution in [0.5, 0.6) is 0 Å². The highest BCUT2D eigenvalue weighted by Gasteiger charge is 2.23. The van der Waals surface area contributed by atoms with Crippen LogP contribution in [-0.2, 0) is 0 Å². The zero-order valence-corrected chi connectivity index (χ0v) is 7.80. The third-order valence-electron chi connectivity index (χ3n) is 2.46. The van der Waals surface area contributed by atoms with Gasteiger partial charge in [0.1, 0.15) is 5.82 Å². The lowest BCUT2D eigenvalue weighted by Crippen LogP contribution is -2.22. The number of carbonyl (C=O) groups excluding carboxylic acids is 1. The minimum atomic E-state index is -0.233. The van der Waals surface area contributed by atoms with Gasteiger partial charge in [-0.05, 0) is 24.1 Å². The second kappa shape index (κ2) is 3.29. The standard InChI is InChI=1S/C10H11FN2O/c1-6-7(3-2-4-8(6)11)9-5-12-10(14)13-9/h2-4,9H,5H2,1H3,(H2,12,13,14). The Kier molecular flexibility index (Phi) is 2.11. The lowest BCUT2D eigenvalue weighted by molar-refractivity contribution is 0.247. The number of carbonyl (C=O) groups is 1. The van der Waals surface area contributed by atoms with Gasteiger partial charge in [0.2, 0.25) is 0 Å². The van der Waals surface area contributed by atoms with Gasteiger partial charge < -0.3 is 10.6 Å². The molecular weight excluding hydrogens is 183 g/mol. The summed E-state index contributed by atoms with van der Waals surface area (Å²) in [5, 5.41) is 5.36. The molecule has 1 heterocycles. The molecule has 0 aliphatic carbocycles. The molecule has 1 aromatic carbocycles. The number of halogens is 1. The fourth-order valence-electron chi connectivity index (χ4n) is 1.64. The van der Waals surface area contributed by atoms with Crippen molar-refractivity contribution < 1.29 is 9.18 Å². The van der Waals surface area contributed by atoms with Crippen molar-refractivity contribution in [3.05, 3.63) is 35.1 Å². The molecule has 2 amide bonds. The molecule has 0 spiro atoms. The summed E-state index contributed by atoms with van der Waals surface area (Å²) in [4.78, 5) is 10.9. The molecular formula is C10H11FN2O. The van der Waals surface area contributed by atoms with E-state index in [9.17, 15) is 9.18 Å². The summed E-state index contributed by atoms with van der Waals surface area (Å²) in [5.74, 6) is -0.233. The first-order chi connectivity index (χ1) is 6.68. The smallest absolute Gasteiger partial charge is 0.315 e. The van der Waals surface area contributed by atoms with E-state index in [1.54, 1.807) is 13.0 Å². The Morgan fingerprint density at radius 2 is 2.29 bits per heavy atom. The summed E-state index contributed by atoms with van der Waals surface area (Å²) in [5.41, 5.74) is 1.44. The minimum absolute atomic E-state index is 0.113. The van der Waals surface area contributed by atoms with Crippen LogP contribution in [0.1, 0.15) is 17.2 Å². The number of hydrogen-bond donors (Lipinski definition) is 2. The van der Waals surface area contributed by atoms with Crippen LogP contribution in [0, 0.1) is 12.7 Å². The summed E-state index contributed by atoms with van der Waals surface area (Å²) in [6, 6.07) is 4.60. The normalized spacial score (nSPS) is 20.4. The lowest BCUT2D eigenvalue weighted by Gasteiger charge is -2.12. The first-order valence-corrected chi connectivity index (χ1v) is 4.48. The highest BCUT2D eigenvalue weighted by Crippen LogP contribution is 2.21. The molecule has 2 rings (SSSR count). The zero-order chi connectivity index (χ0) is 10.1. The summed E-state index contributed by atoms with van der Waals surface area (Å²) < 4.78 is 13.2. The number of benzene rings is 1. The maximum absolute atomic E-state index is 13.2. The maximum atomic E-state index is 13.2. The van der Waals surface area contributed by atoms with E-state index >= 15 is 0 Å². The van der Waals surface area contributed by atoms with Crippen LogP contribution in [0.2, 0.25) is 0 Å². The Hall–Kier alpha value is -1.58. The summed E-state index contributed by atoms with van der Waals surface area (Å²) >= 11 is 0. The molecule has 0 radical (unpaired) electrons. The topological polar surface area (TPSA) is 41.1 Å². The summed E-state index contributed by atoms with van der Waals surface area (Å²) in [7, 11) is 0. The van der Waals surface area contributed by atoms with Crippen molar-refractivity contribution in [1.29, 1.82) is 0 Å². The van der Waals surface area contributed by atoms with Gasteiger partial charge in [-0.2, -0.15) is 0 Å². The van der Waals surface area contributed by atoms with Crippen LogP contribution >= 0.6 is 0 Å². The second-order valence-corrected chi connectivity index (χ2v) is 3.36. The molecule has 1 aliphatic rings. The molecule has 1 saturated heterocycles. The highest BCUT2D eigenvalue weighted by atomic mass is 19.1. The molecule has 74 valence electrons. The Morgan fingerprint density at radius 1 is 1.50 bits per heavy atom. The predicted molar refractivity (Wildman–Crippen MR) is 50.4 cm³/mol. The van der Waals surface area contributed by atoms with Crippen molar-refractivity contribution in [2.45, 2.75) is 13.0 Å². The number of rotatable bonds is 1. The van der Waals surface area contributed by atoms with Crippen molar-refractivity contribution in [2.75, 3.05) is 6.54 Å². The van der Waals surface area contributed by atoms with E-state index in [0.29, 0.717) is 12.1 Å². The average molecular weight is 194 g/mol. The molecule has 0 saturated carbocycles. The second-order valence-electron chi connectivity index (χ2n) is 3.36. The fraction of sp³-hybridized carbons (Fsp3) is 0.300. The van der Waals surface area contributed by atoms with Crippen LogP contribution in [0.3, 0.4) is 0 Å². The van der Waals surface area contributed by atoms with Gasteiger partial charge >= 0.3 is 6.03 Å². The first kappa shape index (κ1) is 8.99. The van der Waals surface area contributed by atoms with Crippen LogP contribution < -0.4 is 10.6 Å². The number of amides is 2. The van der Waals surface area contributed by atoms with Crippen molar-refractivity contribution in [2.24, 2.45) is 0 Å². The van der Waals surface area contributed by atoms with E-state index < -0.39 is 0 Å². The lowest BCUT2D eigenvalue weighted by atomic mass is 10.0. The molecule has 2 N–H and O–H groups in total. The Morgan fingerprint density at radius 3 is 2.93 bits per heavy atom. The van der Waals surface area contributed by atoms with Gasteiger partial charge in [-0.25, -0.2) is 9.18 Å². The van der Waals surface area contributed by atoms with E-state index in [2.05, 4.69) is 10.6 Å². The fourth-order valence-corrected chi connectivity index (χ4v) is 1.64. The molecule has 1 unspecified atom stereocenters. The van der Waals surface area contributed by atoms with Crippen molar-refractivity contribution in [1.82, 2.24) is 10.6 Å². The molecule has 3 nitrogen and oxygen atoms in total. The largest absolute Gasteiger partial charge is 0.336 e. The Bertz CT molecular complexity index is 378. The van der Waals surface area contributed by atoms with Gasteiger partial charge in [0.05, 0.1) is 6.04 Å². The quantitative estimate of drug-likeness (QED) is 0.698. The monoisotopic (exact) mass is 194 g/mol. The SMILES string of the molecule is Cc1c(F)cccc1C1CNC(=O)N1. The van der Waals surface area contributed by atoms with E-state index in [-0.39, 0.29) is 17.9 Å². The third-order valence-corrected chi connectivity index (χ3v) is 2.46. The van der Waals surface area contributed by atoms with E-state index in [1.165, 1.54) is 6.07 Å². The summed E-state index contributed by atoms with van der Waals surface area (Å²) in [6.45, 7) is 2.23. The minimum Gasteiger partial charge on any atom is -0.336 e. The van der Waals surface area contributed by atoms with E-state index in [1.807, 2.05) is 6.07 Å². The molecule has 1 atom stereocenters. The van der Waals surface area contributed by atoms with Crippen molar-refractivity contribution in [3.8, 4) is 0 Å². The maximum Gasteiger partial charge on any atom is 0.315 e. The van der Waals surface area contributed by atoms with E-state index in [4.69, 9.17) is 0 Å². The Labute approximate surface area is 81.3 Å². The van der Waals surface area contributed by atoms with Crippen molar-refractivity contribution in [3.63, 3.8) is 0 Å². The van der Waals surface area contributed by atoms with Crippen molar-refractivity contribution >= 4 is 6.03 Å². The molecule has 0 aromatic heterocycles. The number of nitrogens with one attached hydrogen (secondary N) is 2. The summed E-state index contributed by atoms with van der Waals surface area (Å²) in [6.07, 6.45) is 0. The number of hydrogen-bond acceptors (Lipinski definition) is 1.